The zero-order valence-corrected chi connectivity index (χ0v) is 18.2. The second-order valence-corrected chi connectivity index (χ2v) is 8.40. The highest BCUT2D eigenvalue weighted by Gasteiger charge is 2.24. The van der Waals surface area contributed by atoms with E-state index in [0.717, 1.165) is 18.7 Å². The smallest absolute Gasteiger partial charge is 0.337 e. The molecular weight excluding hydrogens is 414 g/mol. The van der Waals surface area contributed by atoms with Crippen LogP contribution in [0, 0.1) is 0 Å². The molecule has 3 aromatic rings. The van der Waals surface area contributed by atoms with E-state index in [9.17, 15) is 9.59 Å². The molecule has 0 saturated heterocycles. The van der Waals surface area contributed by atoms with Crippen molar-refractivity contribution in [2.75, 3.05) is 18.2 Å². The first-order valence-electron chi connectivity index (χ1n) is 10.4. The van der Waals surface area contributed by atoms with Gasteiger partial charge in [0, 0.05) is 24.0 Å². The van der Waals surface area contributed by atoms with Gasteiger partial charge in [-0.1, -0.05) is 31.0 Å². The van der Waals surface area contributed by atoms with Gasteiger partial charge in [-0.05, 0) is 49.2 Å². The van der Waals surface area contributed by atoms with Crippen molar-refractivity contribution in [1.82, 2.24) is 19.5 Å². The van der Waals surface area contributed by atoms with Crippen LogP contribution in [0.5, 0.6) is 0 Å². The van der Waals surface area contributed by atoms with Crippen LogP contribution in [0.4, 0.5) is 5.69 Å². The number of amides is 1. The number of ether oxygens (including phenoxy) is 1. The molecule has 0 bridgehead atoms. The summed E-state index contributed by atoms with van der Waals surface area (Å²) >= 11 is 1.35. The maximum absolute atomic E-state index is 12.5. The molecule has 0 aliphatic heterocycles. The predicted molar refractivity (Wildman–Crippen MR) is 118 cm³/mol. The lowest BCUT2D eigenvalue weighted by Crippen LogP contribution is -2.18. The fraction of sp³-hybridized carbons (Fsp3) is 0.364. The van der Waals surface area contributed by atoms with E-state index in [1.807, 2.05) is 33.9 Å². The van der Waals surface area contributed by atoms with Gasteiger partial charge in [0.2, 0.25) is 11.1 Å². The summed E-state index contributed by atoms with van der Waals surface area (Å²) < 4.78 is 8.67. The third-order valence-corrected chi connectivity index (χ3v) is 6.27. The number of methoxy groups -OCH3 is 1. The summed E-state index contributed by atoms with van der Waals surface area (Å²) in [5.41, 5.74) is 1.05. The molecule has 0 unspecified atom stereocenters. The Kier molecular flexibility index (Phi) is 6.71. The van der Waals surface area contributed by atoms with Gasteiger partial charge in [0.05, 0.1) is 18.4 Å². The molecule has 2 heterocycles. The minimum Gasteiger partial charge on any atom is -0.465 e. The number of benzene rings is 1. The van der Waals surface area contributed by atoms with Crippen LogP contribution < -0.4 is 5.32 Å². The molecule has 4 rings (SSSR count). The molecule has 0 atom stereocenters. The summed E-state index contributed by atoms with van der Waals surface area (Å²) in [6, 6.07) is 10.5. The average Bonchev–Trinajstić information content (AvgIpc) is 3.48. The van der Waals surface area contributed by atoms with Crippen LogP contribution in [0.15, 0.2) is 53.9 Å². The van der Waals surface area contributed by atoms with Crippen molar-refractivity contribution in [3.8, 4) is 0 Å². The van der Waals surface area contributed by atoms with Crippen molar-refractivity contribution in [2.45, 2.75) is 43.2 Å². The van der Waals surface area contributed by atoms with Gasteiger partial charge in [-0.25, -0.2) is 9.47 Å². The van der Waals surface area contributed by atoms with Crippen LogP contribution in [-0.2, 0) is 9.53 Å². The van der Waals surface area contributed by atoms with E-state index in [4.69, 9.17) is 0 Å². The van der Waals surface area contributed by atoms with Crippen molar-refractivity contribution < 1.29 is 14.3 Å². The van der Waals surface area contributed by atoms with Crippen molar-refractivity contribution >= 4 is 29.3 Å². The minimum absolute atomic E-state index is 0.155. The highest BCUT2D eigenvalue weighted by molar-refractivity contribution is 7.99. The van der Waals surface area contributed by atoms with Gasteiger partial charge in [0.1, 0.15) is 0 Å². The highest BCUT2D eigenvalue weighted by atomic mass is 32.2. The van der Waals surface area contributed by atoms with Gasteiger partial charge < -0.3 is 10.1 Å². The number of esters is 1. The molecule has 1 N–H and O–H groups in total. The number of nitrogens with zero attached hydrogens (tertiary/aromatic N) is 4. The van der Waals surface area contributed by atoms with Crippen molar-refractivity contribution in [3.63, 3.8) is 0 Å². The topological polar surface area (TPSA) is 91.0 Å². The Labute approximate surface area is 185 Å². The third kappa shape index (κ3) is 4.99. The molecule has 31 heavy (non-hydrogen) atoms. The van der Waals surface area contributed by atoms with Crippen LogP contribution in [0.3, 0.4) is 0 Å². The summed E-state index contributed by atoms with van der Waals surface area (Å²) in [6.07, 6.45) is 9.85. The number of carbonyl (C=O) groups excluding carboxylic acids is 2. The molecular formula is C22H25N5O3S. The molecule has 9 heteroatoms. The first kappa shape index (κ1) is 21.2. The largest absolute Gasteiger partial charge is 0.465 e. The molecule has 1 amide bonds. The summed E-state index contributed by atoms with van der Waals surface area (Å²) in [4.78, 5) is 24.0. The van der Waals surface area contributed by atoms with E-state index < -0.39 is 5.97 Å². The molecule has 0 spiro atoms. The van der Waals surface area contributed by atoms with Crippen molar-refractivity contribution in [3.05, 3.63) is 60.2 Å². The molecule has 1 fully saturated rings. The minimum atomic E-state index is -0.411. The summed E-state index contributed by atoms with van der Waals surface area (Å²) in [5, 5.41) is 12.4. The summed E-state index contributed by atoms with van der Waals surface area (Å²) in [6.45, 7) is 0. The molecule has 1 aliphatic carbocycles. The van der Waals surface area contributed by atoms with Crippen LogP contribution in [-0.4, -0.2) is 44.3 Å². The fourth-order valence-corrected chi connectivity index (χ4v) is 4.53. The molecule has 1 aliphatic rings. The number of hydrogen-bond acceptors (Lipinski definition) is 6. The Morgan fingerprint density at radius 1 is 1.10 bits per heavy atom. The normalized spacial score (nSPS) is 14.4. The van der Waals surface area contributed by atoms with Crippen LogP contribution in [0.25, 0.3) is 0 Å². The molecule has 2 aromatic heterocycles. The first-order valence-corrected chi connectivity index (χ1v) is 11.3. The molecule has 1 aromatic carbocycles. The molecule has 0 radical (unpaired) electrons. The Balaban J connectivity index is 1.44. The van der Waals surface area contributed by atoms with Gasteiger partial charge in [0.25, 0.3) is 0 Å². The maximum atomic E-state index is 12.5. The number of aromatic nitrogens is 4. The lowest BCUT2D eigenvalue weighted by Gasteiger charge is -2.22. The Hall–Kier alpha value is -3.07. The number of carbonyl (C=O) groups is 2. The van der Waals surface area contributed by atoms with Gasteiger partial charge >= 0.3 is 5.97 Å². The highest BCUT2D eigenvalue weighted by Crippen LogP contribution is 2.33. The summed E-state index contributed by atoms with van der Waals surface area (Å²) in [5.74, 6) is 0.976. The zero-order chi connectivity index (χ0) is 21.6. The van der Waals surface area contributed by atoms with Crippen molar-refractivity contribution in [2.24, 2.45) is 0 Å². The van der Waals surface area contributed by atoms with Crippen LogP contribution >= 0.6 is 11.8 Å². The summed E-state index contributed by atoms with van der Waals surface area (Å²) in [7, 11) is 1.33. The number of nitrogens with one attached hydrogen (secondary N) is 1. The lowest BCUT2D eigenvalue weighted by molar-refractivity contribution is -0.113. The standard InChI is InChI=1S/C22H25N5O3S/c1-30-21(29)17-9-11-18(12-10-17)23-19(28)15-31-22-25-24-20(16-7-3-2-4-8-16)27(22)26-13-5-6-14-26/h5-6,9-14,16H,2-4,7-8,15H2,1H3,(H,23,28). The molecule has 1 saturated carbocycles. The predicted octanol–water partition coefficient (Wildman–Crippen LogP) is 3.96. The first-order chi connectivity index (χ1) is 15.2. The Bertz CT molecular complexity index is 1020. The van der Waals surface area contributed by atoms with Gasteiger partial charge in [-0.15, -0.1) is 10.2 Å². The van der Waals surface area contributed by atoms with Crippen molar-refractivity contribution in [1.29, 1.82) is 0 Å². The lowest BCUT2D eigenvalue weighted by atomic mass is 9.89. The third-order valence-electron chi connectivity index (χ3n) is 5.35. The SMILES string of the molecule is COC(=O)c1ccc(NC(=O)CSc2nnc(C3CCCCC3)n2-n2cccc2)cc1. The van der Waals surface area contributed by atoms with E-state index >= 15 is 0 Å². The number of hydrogen-bond donors (Lipinski definition) is 1. The molecule has 162 valence electrons. The van der Waals surface area contributed by atoms with E-state index in [0.29, 0.717) is 22.3 Å². The van der Waals surface area contributed by atoms with Crippen LogP contribution in [0.1, 0.15) is 54.2 Å². The van der Waals surface area contributed by atoms with E-state index in [2.05, 4.69) is 20.3 Å². The molecule has 8 nitrogen and oxygen atoms in total. The fourth-order valence-electron chi connectivity index (χ4n) is 3.79. The van der Waals surface area contributed by atoms with E-state index in [-0.39, 0.29) is 11.7 Å². The van der Waals surface area contributed by atoms with Gasteiger partial charge in [0.15, 0.2) is 5.82 Å². The Morgan fingerprint density at radius 3 is 2.48 bits per heavy atom. The van der Waals surface area contributed by atoms with Gasteiger partial charge in [-0.2, -0.15) is 0 Å². The second kappa shape index (κ2) is 9.82. The van der Waals surface area contributed by atoms with Gasteiger partial charge in [-0.3, -0.25) is 9.47 Å². The maximum Gasteiger partial charge on any atom is 0.337 e. The number of thioether (sulfide) groups is 1. The van der Waals surface area contributed by atoms with Crippen LogP contribution in [0.2, 0.25) is 0 Å². The number of anilines is 1. The Morgan fingerprint density at radius 2 is 1.81 bits per heavy atom. The second-order valence-electron chi connectivity index (χ2n) is 7.46. The number of rotatable bonds is 7. The van der Waals surface area contributed by atoms with E-state index in [1.165, 1.54) is 38.1 Å². The quantitative estimate of drug-likeness (QED) is 0.443. The zero-order valence-electron chi connectivity index (χ0n) is 17.4. The average molecular weight is 440 g/mol. The monoisotopic (exact) mass is 439 g/mol. The van der Waals surface area contributed by atoms with E-state index in [1.54, 1.807) is 24.3 Å².